The summed E-state index contributed by atoms with van der Waals surface area (Å²) in [7, 11) is 0. The van der Waals surface area contributed by atoms with E-state index in [0.717, 1.165) is 0 Å². The van der Waals surface area contributed by atoms with Gasteiger partial charge in [-0.2, -0.15) is 0 Å². The summed E-state index contributed by atoms with van der Waals surface area (Å²) in [6.45, 7) is 14.7. The zero-order valence-corrected chi connectivity index (χ0v) is 24.0. The summed E-state index contributed by atoms with van der Waals surface area (Å²) in [4.78, 5) is 25.8. The monoisotopic (exact) mass is 531 g/mol. The third kappa shape index (κ3) is 10.8. The molecule has 1 saturated heterocycles. The first-order valence-corrected chi connectivity index (χ1v) is 13.9. The molecule has 0 aromatic heterocycles. The molecule has 12 atom stereocenters. The quantitative estimate of drug-likeness (QED) is 0.247. The van der Waals surface area contributed by atoms with Crippen molar-refractivity contribution in [2.24, 2.45) is 35.5 Å². The lowest BCUT2D eigenvalue weighted by Crippen LogP contribution is -2.48. The molecule has 0 unspecified atom stereocenters. The summed E-state index contributed by atoms with van der Waals surface area (Å²) < 4.78 is 6.05. The van der Waals surface area contributed by atoms with Gasteiger partial charge in [0.2, 0.25) is 5.91 Å². The van der Waals surface area contributed by atoms with Gasteiger partial charge in [0.05, 0.1) is 36.9 Å². The van der Waals surface area contributed by atoms with Crippen LogP contribution in [0.1, 0.15) is 87.5 Å². The van der Waals surface area contributed by atoms with Crippen LogP contribution in [0.15, 0.2) is 0 Å². The largest absolute Gasteiger partial charge is 0.460 e. The normalized spacial score (nSPS) is 33.6. The van der Waals surface area contributed by atoms with Crippen molar-refractivity contribution in [2.45, 2.75) is 130 Å². The minimum Gasteiger partial charge on any atom is -0.460 e. The van der Waals surface area contributed by atoms with Crippen LogP contribution >= 0.6 is 0 Å². The van der Waals surface area contributed by atoms with Crippen LogP contribution in [0.3, 0.4) is 0 Å². The molecule has 1 rings (SSSR count). The van der Waals surface area contributed by atoms with Crippen LogP contribution < -0.4 is 5.32 Å². The van der Waals surface area contributed by atoms with E-state index < -0.39 is 60.5 Å². The number of rotatable bonds is 9. The Balaban J connectivity index is 3.15. The van der Waals surface area contributed by atoms with Crippen molar-refractivity contribution in [3.8, 4) is 0 Å². The Morgan fingerprint density at radius 1 is 0.919 bits per heavy atom. The fourth-order valence-corrected chi connectivity index (χ4v) is 5.59. The van der Waals surface area contributed by atoms with Gasteiger partial charge in [-0.15, -0.1) is 0 Å². The van der Waals surface area contributed by atoms with E-state index in [1.165, 1.54) is 0 Å². The number of hydrogen-bond donors (Lipinski definition) is 6. The van der Waals surface area contributed by atoms with Crippen LogP contribution in [0.5, 0.6) is 0 Å². The van der Waals surface area contributed by atoms with Crippen LogP contribution in [0.25, 0.3) is 0 Å². The highest BCUT2D eigenvalue weighted by molar-refractivity contribution is 5.85. The molecule has 6 N–H and O–H groups in total. The van der Waals surface area contributed by atoms with Crippen molar-refractivity contribution in [1.29, 1.82) is 0 Å². The zero-order valence-electron chi connectivity index (χ0n) is 24.0. The van der Waals surface area contributed by atoms with Crippen LogP contribution in [-0.2, 0) is 14.3 Å². The highest BCUT2D eigenvalue weighted by Gasteiger charge is 2.37. The second kappa shape index (κ2) is 15.4. The van der Waals surface area contributed by atoms with Crippen molar-refractivity contribution in [2.75, 3.05) is 0 Å². The van der Waals surface area contributed by atoms with E-state index in [2.05, 4.69) is 5.32 Å². The number of aliphatic hydroxyl groups excluding tert-OH is 5. The van der Waals surface area contributed by atoms with Gasteiger partial charge in [-0.05, 0) is 62.2 Å². The third-order valence-electron chi connectivity index (χ3n) is 8.00. The lowest BCUT2D eigenvalue weighted by atomic mass is 9.78. The molecular formula is C28H53NO8. The van der Waals surface area contributed by atoms with E-state index in [9.17, 15) is 35.1 Å². The summed E-state index contributed by atoms with van der Waals surface area (Å²) in [6.07, 6.45) is -3.59. The van der Waals surface area contributed by atoms with Crippen LogP contribution in [0, 0.1) is 35.5 Å². The molecule has 9 nitrogen and oxygen atoms in total. The molecule has 0 aromatic carbocycles. The molecular weight excluding hydrogens is 478 g/mol. The number of hydrogen-bond acceptors (Lipinski definition) is 8. The van der Waals surface area contributed by atoms with E-state index in [-0.39, 0.29) is 48.9 Å². The fraction of sp³-hybridized carbons (Fsp3) is 0.929. The maximum absolute atomic E-state index is 13.3. The number of aliphatic hydroxyl groups is 5. The van der Waals surface area contributed by atoms with Gasteiger partial charge in [-0.3, -0.25) is 4.79 Å². The maximum Gasteiger partial charge on any atom is 0.329 e. The van der Waals surface area contributed by atoms with Crippen molar-refractivity contribution < 1.29 is 39.9 Å². The molecule has 37 heavy (non-hydrogen) atoms. The van der Waals surface area contributed by atoms with Gasteiger partial charge in [-0.25, -0.2) is 4.79 Å². The Hall–Kier alpha value is -1.26. The Morgan fingerprint density at radius 2 is 1.51 bits per heavy atom. The minimum atomic E-state index is -1.01. The predicted molar refractivity (Wildman–Crippen MR) is 141 cm³/mol. The molecule has 0 radical (unpaired) electrons. The SMILES string of the molecule is CC(C)[C@H]1NC(=O)C[C@@H](O)C[C@H](O)[C@H](C)C[C@@H](C)[C@H]([C@@H](C)C[C@H](C)[C@H](O)[C@H](C)[C@H](O)C[C@H](C)O)OC1=O. The standard InChI is InChI=1S/C28H53NO8/c1-14(2)25-28(36)37-27(17(5)9-15(3)22(32)12-21(31)13-24(34)29-25)18(6)10-16(4)26(35)20(8)23(33)11-19(7)30/h14-23,25-27,30-33,35H,9-13H2,1-8H3,(H,29,34)/t15-,16+,17-,18+,19+,20-,21+,22+,23-,25-,26+,27-/m1/s1. The number of carbonyl (C=O) groups excluding carboxylic acids is 2. The second-order valence-electron chi connectivity index (χ2n) is 12.2. The summed E-state index contributed by atoms with van der Waals surface area (Å²) in [5, 5.41) is 54.5. The van der Waals surface area contributed by atoms with Gasteiger partial charge < -0.3 is 35.6 Å². The molecule has 1 aliphatic rings. The molecule has 0 spiro atoms. The van der Waals surface area contributed by atoms with E-state index in [1.54, 1.807) is 13.8 Å². The molecule has 0 aromatic rings. The average Bonchev–Trinajstić information content (AvgIpc) is 2.78. The molecule has 1 fully saturated rings. The van der Waals surface area contributed by atoms with E-state index in [1.807, 2.05) is 41.5 Å². The van der Waals surface area contributed by atoms with E-state index >= 15 is 0 Å². The summed E-state index contributed by atoms with van der Waals surface area (Å²) in [5.41, 5.74) is 0. The van der Waals surface area contributed by atoms with Crippen LogP contribution in [-0.4, -0.2) is 80.1 Å². The molecule has 9 heteroatoms. The summed E-state index contributed by atoms with van der Waals surface area (Å²) >= 11 is 0. The predicted octanol–water partition coefficient (Wildman–Crippen LogP) is 2.01. The van der Waals surface area contributed by atoms with Gasteiger partial charge in [-0.1, -0.05) is 48.5 Å². The minimum absolute atomic E-state index is 0.0680. The van der Waals surface area contributed by atoms with Gasteiger partial charge in [0.15, 0.2) is 0 Å². The third-order valence-corrected chi connectivity index (χ3v) is 8.00. The van der Waals surface area contributed by atoms with Crippen LogP contribution in [0.4, 0.5) is 0 Å². The van der Waals surface area contributed by atoms with Crippen molar-refractivity contribution in [3.05, 3.63) is 0 Å². The van der Waals surface area contributed by atoms with E-state index in [0.29, 0.717) is 12.8 Å². The number of carbonyl (C=O) groups is 2. The van der Waals surface area contributed by atoms with Gasteiger partial charge in [0, 0.05) is 5.92 Å². The smallest absolute Gasteiger partial charge is 0.329 e. The van der Waals surface area contributed by atoms with Gasteiger partial charge in [0.25, 0.3) is 0 Å². The summed E-state index contributed by atoms with van der Waals surface area (Å²) in [6, 6.07) is -0.872. The number of cyclic esters (lactones) is 1. The molecule has 0 bridgehead atoms. The van der Waals surface area contributed by atoms with Gasteiger partial charge >= 0.3 is 5.97 Å². The van der Waals surface area contributed by atoms with Crippen molar-refractivity contribution in [1.82, 2.24) is 5.32 Å². The Morgan fingerprint density at radius 3 is 2.05 bits per heavy atom. The zero-order chi connectivity index (χ0) is 28.6. The Kier molecular flexibility index (Phi) is 14.0. The molecule has 1 heterocycles. The Labute approximate surface area is 223 Å². The number of esters is 1. The molecule has 218 valence electrons. The first-order chi connectivity index (χ1) is 17.0. The van der Waals surface area contributed by atoms with Crippen molar-refractivity contribution in [3.63, 3.8) is 0 Å². The lowest BCUT2D eigenvalue weighted by Gasteiger charge is -2.36. The number of ether oxygens (including phenoxy) is 1. The van der Waals surface area contributed by atoms with E-state index in [4.69, 9.17) is 4.74 Å². The first kappa shape index (κ1) is 33.8. The van der Waals surface area contributed by atoms with Crippen LogP contribution in [0.2, 0.25) is 0 Å². The number of nitrogens with one attached hydrogen (secondary N) is 1. The maximum atomic E-state index is 13.3. The Bertz CT molecular complexity index is 702. The molecule has 0 saturated carbocycles. The highest BCUT2D eigenvalue weighted by Crippen LogP contribution is 2.32. The fourth-order valence-electron chi connectivity index (χ4n) is 5.59. The first-order valence-electron chi connectivity index (χ1n) is 13.9. The molecule has 1 amide bonds. The topological polar surface area (TPSA) is 157 Å². The summed E-state index contributed by atoms with van der Waals surface area (Å²) in [5.74, 6) is -2.39. The second-order valence-corrected chi connectivity index (χ2v) is 12.2. The lowest BCUT2D eigenvalue weighted by molar-refractivity contribution is -0.161. The number of amides is 1. The highest BCUT2D eigenvalue weighted by atomic mass is 16.5. The molecule has 0 aliphatic carbocycles. The van der Waals surface area contributed by atoms with Gasteiger partial charge in [0.1, 0.15) is 12.1 Å². The molecule has 1 aliphatic heterocycles. The van der Waals surface area contributed by atoms with Crippen molar-refractivity contribution >= 4 is 11.9 Å². The average molecular weight is 532 g/mol.